The van der Waals surface area contributed by atoms with Crippen LogP contribution in [0.25, 0.3) is 0 Å². The van der Waals surface area contributed by atoms with Gasteiger partial charge in [0.15, 0.2) is 22.4 Å². The molecule has 2 aromatic carbocycles. The molecule has 1 N–H and O–H groups in total. The Balaban J connectivity index is 1.35. The average Bonchev–Trinajstić information content (AvgIpc) is 3.27. The number of aryl methyl sites for hydroxylation is 1. The number of ether oxygens (including phenoxy) is 1. The number of halogens is 1. The number of rotatable bonds is 8. The van der Waals surface area contributed by atoms with Gasteiger partial charge in [-0.25, -0.2) is 14.2 Å². The number of benzene rings is 2. The number of carbonyl (C=O) groups is 1. The maximum atomic E-state index is 14.4. The molecule has 4 rings (SSSR count). The number of fused-ring (bicyclic) bond motifs is 1. The first kappa shape index (κ1) is 24.7. The molecule has 8 heteroatoms. The molecule has 0 spiro atoms. The number of thiazole rings is 1. The summed E-state index contributed by atoms with van der Waals surface area (Å²) in [5.74, 6) is 4.58. The number of aromatic nitrogens is 1. The third-order valence-electron chi connectivity index (χ3n) is 5.66. The van der Waals surface area contributed by atoms with Gasteiger partial charge in [-0.3, -0.25) is 4.90 Å². The van der Waals surface area contributed by atoms with E-state index in [0.717, 1.165) is 24.6 Å². The van der Waals surface area contributed by atoms with Crippen molar-refractivity contribution in [1.29, 1.82) is 0 Å². The zero-order valence-corrected chi connectivity index (χ0v) is 20.7. The van der Waals surface area contributed by atoms with Crippen molar-refractivity contribution in [2.75, 3.05) is 38.7 Å². The Bertz CT molecular complexity index is 1260. The number of anilines is 1. The largest absolute Gasteiger partial charge is 0.491 e. The Hall–Kier alpha value is -3.41. The van der Waals surface area contributed by atoms with E-state index in [1.54, 1.807) is 12.1 Å². The standard InChI is InChI=1S/C27H28FN3O3S/c1-30(2)14-5-7-19-11-12-23(22(28)17-19)34-16-6-10-24-25(26(32)33)29-27(35-24)31-15-13-20-8-3-4-9-21(20)18-31/h3-4,8-9,11-12,17H,6,10,13-16,18H2,1-2H3,(H,32,33). The number of carboxylic acid groups (broad SMARTS) is 1. The molecule has 1 aliphatic heterocycles. The van der Waals surface area contributed by atoms with Gasteiger partial charge in [-0.05, 0) is 62.7 Å². The van der Waals surface area contributed by atoms with Gasteiger partial charge in [0, 0.05) is 23.5 Å². The Morgan fingerprint density at radius 2 is 2.06 bits per heavy atom. The summed E-state index contributed by atoms with van der Waals surface area (Å²) < 4.78 is 20.0. The SMILES string of the molecule is CN(C)CC#Cc1ccc(OCCCc2sc(N3CCc4ccccc4C3)nc2C(=O)O)c(F)c1. The van der Waals surface area contributed by atoms with Crippen LogP contribution in [0.15, 0.2) is 42.5 Å². The zero-order chi connectivity index (χ0) is 24.8. The van der Waals surface area contributed by atoms with Crippen LogP contribution < -0.4 is 9.64 Å². The highest BCUT2D eigenvalue weighted by molar-refractivity contribution is 7.15. The Kier molecular flexibility index (Phi) is 8.01. The van der Waals surface area contributed by atoms with E-state index in [4.69, 9.17) is 4.74 Å². The summed E-state index contributed by atoms with van der Waals surface area (Å²) >= 11 is 1.42. The summed E-state index contributed by atoms with van der Waals surface area (Å²) in [6, 6.07) is 13.0. The van der Waals surface area contributed by atoms with Gasteiger partial charge in [-0.1, -0.05) is 36.1 Å². The quantitative estimate of drug-likeness (QED) is 0.369. The van der Waals surface area contributed by atoms with E-state index in [-0.39, 0.29) is 18.1 Å². The third-order valence-corrected chi connectivity index (χ3v) is 6.83. The van der Waals surface area contributed by atoms with Crippen molar-refractivity contribution >= 4 is 22.4 Å². The van der Waals surface area contributed by atoms with Crippen LogP contribution in [0.2, 0.25) is 0 Å². The first-order valence-electron chi connectivity index (χ1n) is 11.5. The molecular formula is C27H28FN3O3S. The molecule has 0 saturated heterocycles. The molecule has 0 amide bonds. The maximum Gasteiger partial charge on any atom is 0.355 e. The fourth-order valence-electron chi connectivity index (χ4n) is 3.88. The smallest absolute Gasteiger partial charge is 0.355 e. The first-order valence-corrected chi connectivity index (χ1v) is 12.3. The summed E-state index contributed by atoms with van der Waals surface area (Å²) in [7, 11) is 3.84. The lowest BCUT2D eigenvalue weighted by atomic mass is 10.0. The lowest BCUT2D eigenvalue weighted by molar-refractivity contribution is 0.0690. The van der Waals surface area contributed by atoms with E-state index >= 15 is 0 Å². The second-order valence-electron chi connectivity index (χ2n) is 8.65. The summed E-state index contributed by atoms with van der Waals surface area (Å²) in [5, 5.41) is 10.4. The van der Waals surface area contributed by atoms with Gasteiger partial charge in [0.05, 0.1) is 13.2 Å². The number of hydrogen-bond donors (Lipinski definition) is 1. The minimum Gasteiger partial charge on any atom is -0.491 e. The molecule has 3 aromatic rings. The summed E-state index contributed by atoms with van der Waals surface area (Å²) in [6.45, 7) is 2.40. The second kappa shape index (κ2) is 11.3. The summed E-state index contributed by atoms with van der Waals surface area (Å²) in [6.07, 6.45) is 1.96. The maximum absolute atomic E-state index is 14.4. The highest BCUT2D eigenvalue weighted by Crippen LogP contribution is 2.31. The third kappa shape index (κ3) is 6.38. The summed E-state index contributed by atoms with van der Waals surface area (Å²) in [5.41, 5.74) is 3.27. The topological polar surface area (TPSA) is 65.9 Å². The van der Waals surface area contributed by atoms with Crippen LogP contribution in [0.1, 0.15) is 38.5 Å². The average molecular weight is 494 g/mol. The second-order valence-corrected chi connectivity index (χ2v) is 9.71. The highest BCUT2D eigenvalue weighted by Gasteiger charge is 2.23. The van der Waals surface area contributed by atoms with E-state index in [1.807, 2.05) is 31.1 Å². The molecule has 182 valence electrons. The van der Waals surface area contributed by atoms with Gasteiger partial charge in [0.2, 0.25) is 0 Å². The molecule has 0 bridgehead atoms. The van der Waals surface area contributed by atoms with Gasteiger partial charge < -0.3 is 14.7 Å². The predicted octanol–water partition coefficient (Wildman–Crippen LogP) is 4.47. The molecular weight excluding hydrogens is 465 g/mol. The van der Waals surface area contributed by atoms with Gasteiger partial charge in [-0.2, -0.15) is 0 Å². The van der Waals surface area contributed by atoms with Crippen LogP contribution in [0, 0.1) is 17.7 Å². The molecule has 2 heterocycles. The van der Waals surface area contributed by atoms with Crippen molar-refractivity contribution in [1.82, 2.24) is 9.88 Å². The number of carboxylic acids is 1. The number of hydrogen-bond acceptors (Lipinski definition) is 6. The van der Waals surface area contributed by atoms with Crippen molar-refractivity contribution in [3.05, 3.63) is 75.5 Å². The molecule has 1 aromatic heterocycles. The normalized spacial score (nSPS) is 12.7. The molecule has 0 unspecified atom stereocenters. The van der Waals surface area contributed by atoms with Gasteiger partial charge in [0.25, 0.3) is 0 Å². The van der Waals surface area contributed by atoms with Crippen molar-refractivity contribution in [2.45, 2.75) is 25.8 Å². The molecule has 0 saturated carbocycles. The van der Waals surface area contributed by atoms with Crippen molar-refractivity contribution in [3.63, 3.8) is 0 Å². The molecule has 0 radical (unpaired) electrons. The molecule has 1 aliphatic rings. The zero-order valence-electron chi connectivity index (χ0n) is 19.9. The van der Waals surface area contributed by atoms with E-state index in [0.29, 0.717) is 29.8 Å². The molecule has 6 nitrogen and oxygen atoms in total. The molecule has 0 fully saturated rings. The Morgan fingerprint density at radius 3 is 2.80 bits per heavy atom. The number of aromatic carboxylic acids is 1. The fraction of sp³-hybridized carbons (Fsp3) is 0.333. The highest BCUT2D eigenvalue weighted by atomic mass is 32.1. The minimum atomic E-state index is -1.03. The van der Waals surface area contributed by atoms with Crippen LogP contribution in [0.5, 0.6) is 5.75 Å². The van der Waals surface area contributed by atoms with E-state index in [1.165, 1.54) is 28.5 Å². The van der Waals surface area contributed by atoms with Gasteiger partial charge >= 0.3 is 5.97 Å². The lowest BCUT2D eigenvalue weighted by Gasteiger charge is -2.28. The monoisotopic (exact) mass is 493 g/mol. The number of nitrogens with zero attached hydrogens (tertiary/aromatic N) is 3. The van der Waals surface area contributed by atoms with E-state index in [2.05, 4.69) is 33.9 Å². The predicted molar refractivity (Wildman–Crippen MR) is 136 cm³/mol. The van der Waals surface area contributed by atoms with Gasteiger partial charge in [-0.15, -0.1) is 11.3 Å². The van der Waals surface area contributed by atoms with Crippen LogP contribution in [0.4, 0.5) is 9.52 Å². The van der Waals surface area contributed by atoms with Crippen molar-refractivity contribution in [2.24, 2.45) is 0 Å². The Morgan fingerprint density at radius 1 is 1.26 bits per heavy atom. The van der Waals surface area contributed by atoms with Crippen LogP contribution >= 0.6 is 11.3 Å². The van der Waals surface area contributed by atoms with Gasteiger partial charge in [0.1, 0.15) is 0 Å². The minimum absolute atomic E-state index is 0.0932. The van der Waals surface area contributed by atoms with Crippen molar-refractivity contribution < 1.29 is 19.0 Å². The van der Waals surface area contributed by atoms with Crippen LogP contribution in [-0.4, -0.2) is 54.8 Å². The van der Waals surface area contributed by atoms with E-state index in [9.17, 15) is 14.3 Å². The first-order chi connectivity index (χ1) is 16.9. The lowest BCUT2D eigenvalue weighted by Crippen LogP contribution is -2.30. The van der Waals surface area contributed by atoms with E-state index < -0.39 is 11.8 Å². The molecule has 35 heavy (non-hydrogen) atoms. The summed E-state index contributed by atoms with van der Waals surface area (Å²) in [4.78, 5) is 21.0. The molecule has 0 atom stereocenters. The fourth-order valence-corrected chi connectivity index (χ4v) is 5.00. The Labute approximate surface area is 209 Å². The molecule has 0 aliphatic carbocycles. The van der Waals surface area contributed by atoms with Crippen molar-refractivity contribution in [3.8, 4) is 17.6 Å². The van der Waals surface area contributed by atoms with Crippen LogP contribution in [-0.2, 0) is 19.4 Å². The van der Waals surface area contributed by atoms with Crippen LogP contribution in [0.3, 0.4) is 0 Å².